The standard InChI is InChI=1S/C36H36N2/c1-23(2)25-5-13-30(14-6-25)35-33(29-11-9-27(10-12-29)28-17-19-32(37)20-18-28)21-22-34(38)36(35)31-15-7-26(8-16-31)24(3)4/h5-24H,37-38H2,1-4H3. The van der Waals surface area contributed by atoms with Crippen molar-refractivity contribution in [3.05, 3.63) is 120 Å². The van der Waals surface area contributed by atoms with Gasteiger partial charge >= 0.3 is 0 Å². The van der Waals surface area contributed by atoms with Crippen LogP contribution in [0.3, 0.4) is 0 Å². The van der Waals surface area contributed by atoms with Gasteiger partial charge in [0.15, 0.2) is 0 Å². The van der Waals surface area contributed by atoms with E-state index in [2.05, 4.69) is 119 Å². The molecule has 0 aliphatic carbocycles. The van der Waals surface area contributed by atoms with Crippen molar-refractivity contribution in [1.29, 1.82) is 0 Å². The first-order valence-corrected chi connectivity index (χ1v) is 13.4. The van der Waals surface area contributed by atoms with Crippen LogP contribution < -0.4 is 11.5 Å². The van der Waals surface area contributed by atoms with Crippen LogP contribution in [-0.2, 0) is 0 Å². The van der Waals surface area contributed by atoms with Gasteiger partial charge < -0.3 is 11.5 Å². The predicted molar refractivity (Wildman–Crippen MR) is 165 cm³/mol. The zero-order chi connectivity index (χ0) is 26.8. The molecule has 0 spiro atoms. The molecule has 0 bridgehead atoms. The molecular weight excluding hydrogens is 460 g/mol. The lowest BCUT2D eigenvalue weighted by molar-refractivity contribution is 0.867. The third-order valence-corrected chi connectivity index (χ3v) is 7.41. The summed E-state index contributed by atoms with van der Waals surface area (Å²) in [7, 11) is 0. The zero-order valence-electron chi connectivity index (χ0n) is 22.7. The van der Waals surface area contributed by atoms with E-state index >= 15 is 0 Å². The monoisotopic (exact) mass is 496 g/mol. The van der Waals surface area contributed by atoms with Gasteiger partial charge in [-0.1, -0.05) is 119 Å². The molecular formula is C36H36N2. The van der Waals surface area contributed by atoms with E-state index in [0.29, 0.717) is 11.8 Å². The smallest absolute Gasteiger partial charge is 0.0400 e. The molecule has 0 unspecified atom stereocenters. The number of anilines is 2. The zero-order valence-corrected chi connectivity index (χ0v) is 22.7. The third kappa shape index (κ3) is 5.08. The highest BCUT2D eigenvalue weighted by molar-refractivity contribution is 5.99. The molecule has 5 rings (SSSR count). The maximum Gasteiger partial charge on any atom is 0.0400 e. The molecule has 190 valence electrons. The maximum atomic E-state index is 6.72. The second kappa shape index (κ2) is 10.6. The molecule has 0 saturated heterocycles. The summed E-state index contributed by atoms with van der Waals surface area (Å²) >= 11 is 0. The molecule has 0 aromatic heterocycles. The number of rotatable bonds is 6. The van der Waals surface area contributed by atoms with Crippen LogP contribution in [0.4, 0.5) is 11.4 Å². The molecule has 0 amide bonds. The summed E-state index contributed by atoms with van der Waals surface area (Å²) in [6, 6.07) is 38.8. The minimum absolute atomic E-state index is 0.480. The Labute approximate surface area is 227 Å². The summed E-state index contributed by atoms with van der Waals surface area (Å²) in [6.45, 7) is 8.90. The highest BCUT2D eigenvalue weighted by Crippen LogP contribution is 2.44. The van der Waals surface area contributed by atoms with Gasteiger partial charge in [0.1, 0.15) is 0 Å². The molecule has 5 aromatic rings. The van der Waals surface area contributed by atoms with Crippen molar-refractivity contribution >= 4 is 11.4 Å². The Hall–Kier alpha value is -4.30. The van der Waals surface area contributed by atoms with Crippen molar-refractivity contribution in [2.75, 3.05) is 11.5 Å². The van der Waals surface area contributed by atoms with E-state index in [1.165, 1.54) is 22.3 Å². The van der Waals surface area contributed by atoms with E-state index in [9.17, 15) is 0 Å². The van der Waals surface area contributed by atoms with Gasteiger partial charge in [-0.3, -0.25) is 0 Å². The summed E-state index contributed by atoms with van der Waals surface area (Å²) < 4.78 is 0. The first-order chi connectivity index (χ1) is 18.3. The van der Waals surface area contributed by atoms with Gasteiger partial charge in [0.2, 0.25) is 0 Å². The minimum Gasteiger partial charge on any atom is -0.399 e. The van der Waals surface area contributed by atoms with E-state index < -0.39 is 0 Å². The molecule has 4 N–H and O–H groups in total. The van der Waals surface area contributed by atoms with Crippen molar-refractivity contribution in [2.24, 2.45) is 0 Å². The first kappa shape index (κ1) is 25.4. The lowest BCUT2D eigenvalue weighted by Gasteiger charge is -2.20. The minimum atomic E-state index is 0.480. The molecule has 0 atom stereocenters. The van der Waals surface area contributed by atoms with Crippen LogP contribution >= 0.6 is 0 Å². The Balaban J connectivity index is 1.68. The lowest BCUT2D eigenvalue weighted by atomic mass is 9.85. The largest absolute Gasteiger partial charge is 0.399 e. The molecule has 2 nitrogen and oxygen atoms in total. The molecule has 0 aliphatic heterocycles. The Morgan fingerprint density at radius 1 is 0.395 bits per heavy atom. The fourth-order valence-corrected chi connectivity index (χ4v) is 5.06. The number of nitrogen functional groups attached to an aromatic ring is 2. The molecule has 0 aliphatic rings. The van der Waals surface area contributed by atoms with Crippen molar-refractivity contribution in [3.63, 3.8) is 0 Å². The quantitative estimate of drug-likeness (QED) is 0.230. The van der Waals surface area contributed by atoms with Gasteiger partial charge in [0, 0.05) is 16.9 Å². The van der Waals surface area contributed by atoms with Crippen molar-refractivity contribution in [1.82, 2.24) is 0 Å². The fraction of sp³-hybridized carbons (Fsp3) is 0.167. The molecule has 0 heterocycles. The molecule has 38 heavy (non-hydrogen) atoms. The van der Waals surface area contributed by atoms with E-state index in [-0.39, 0.29) is 0 Å². The van der Waals surface area contributed by atoms with E-state index in [4.69, 9.17) is 11.5 Å². The van der Waals surface area contributed by atoms with Crippen LogP contribution in [0.15, 0.2) is 109 Å². The second-order valence-electron chi connectivity index (χ2n) is 10.7. The average molecular weight is 497 g/mol. The molecule has 5 aromatic carbocycles. The average Bonchev–Trinajstić information content (AvgIpc) is 2.93. The highest BCUT2D eigenvalue weighted by Gasteiger charge is 2.18. The van der Waals surface area contributed by atoms with E-state index in [0.717, 1.165) is 44.8 Å². The van der Waals surface area contributed by atoms with E-state index in [1.807, 2.05) is 18.2 Å². The second-order valence-corrected chi connectivity index (χ2v) is 10.7. The molecule has 0 fully saturated rings. The van der Waals surface area contributed by atoms with Gasteiger partial charge in [0.05, 0.1) is 0 Å². The Morgan fingerprint density at radius 2 is 0.789 bits per heavy atom. The number of benzene rings is 5. The first-order valence-electron chi connectivity index (χ1n) is 13.4. The SMILES string of the molecule is CC(C)c1ccc(-c2c(N)ccc(-c3ccc(-c4ccc(N)cc4)cc3)c2-c2ccc(C(C)C)cc2)cc1. The van der Waals surface area contributed by atoms with Gasteiger partial charge in [-0.2, -0.15) is 0 Å². The summed E-state index contributed by atoms with van der Waals surface area (Å²) in [6.07, 6.45) is 0. The predicted octanol–water partition coefficient (Wildman–Crippen LogP) is 9.77. The lowest BCUT2D eigenvalue weighted by Crippen LogP contribution is -1.98. The van der Waals surface area contributed by atoms with Gasteiger partial charge in [-0.05, 0) is 80.1 Å². The maximum absolute atomic E-state index is 6.72. The van der Waals surface area contributed by atoms with Crippen LogP contribution in [0, 0.1) is 0 Å². The van der Waals surface area contributed by atoms with Gasteiger partial charge in [-0.25, -0.2) is 0 Å². The molecule has 0 radical (unpaired) electrons. The topological polar surface area (TPSA) is 52.0 Å². The van der Waals surface area contributed by atoms with Crippen LogP contribution in [0.1, 0.15) is 50.7 Å². The van der Waals surface area contributed by atoms with Crippen molar-refractivity contribution in [2.45, 2.75) is 39.5 Å². The van der Waals surface area contributed by atoms with Crippen molar-refractivity contribution in [3.8, 4) is 44.5 Å². The normalized spacial score (nSPS) is 11.3. The molecule has 0 saturated carbocycles. The van der Waals surface area contributed by atoms with Gasteiger partial charge in [-0.15, -0.1) is 0 Å². The Morgan fingerprint density at radius 3 is 1.26 bits per heavy atom. The highest BCUT2D eigenvalue weighted by atomic mass is 14.6. The van der Waals surface area contributed by atoms with Crippen molar-refractivity contribution < 1.29 is 0 Å². The molecule has 2 heteroatoms. The van der Waals surface area contributed by atoms with Crippen LogP contribution in [0.5, 0.6) is 0 Å². The van der Waals surface area contributed by atoms with Crippen LogP contribution in [0.2, 0.25) is 0 Å². The van der Waals surface area contributed by atoms with Crippen LogP contribution in [0.25, 0.3) is 44.5 Å². The van der Waals surface area contributed by atoms with Crippen LogP contribution in [-0.4, -0.2) is 0 Å². The number of hydrogen-bond donors (Lipinski definition) is 2. The fourth-order valence-electron chi connectivity index (χ4n) is 5.06. The van der Waals surface area contributed by atoms with Gasteiger partial charge in [0.25, 0.3) is 0 Å². The summed E-state index contributed by atoms with van der Waals surface area (Å²) in [4.78, 5) is 0. The number of hydrogen-bond acceptors (Lipinski definition) is 2. The summed E-state index contributed by atoms with van der Waals surface area (Å²) in [5.41, 5.74) is 26.0. The Bertz CT molecular complexity index is 1520. The Kier molecular flexibility index (Phi) is 7.07. The third-order valence-electron chi connectivity index (χ3n) is 7.41. The summed E-state index contributed by atoms with van der Waals surface area (Å²) in [5, 5.41) is 0. The summed E-state index contributed by atoms with van der Waals surface area (Å²) in [5.74, 6) is 0.962. The number of nitrogens with two attached hydrogens (primary N) is 2. The van der Waals surface area contributed by atoms with E-state index in [1.54, 1.807) is 0 Å².